The average Bonchev–Trinajstić information content (AvgIpc) is 3.82. The molecule has 6 atom stereocenters. The molecule has 6 unspecified atom stereocenters. The number of rotatable bonds is 5. The van der Waals surface area contributed by atoms with Crippen LogP contribution in [0.3, 0.4) is 0 Å². The van der Waals surface area contributed by atoms with Gasteiger partial charge in [0.25, 0.3) is 0 Å². The number of imide groups is 2. The van der Waals surface area contributed by atoms with E-state index in [0.29, 0.717) is 27.8 Å². The van der Waals surface area contributed by atoms with Gasteiger partial charge in [-0.1, -0.05) is 51.3 Å². The molecule has 1 saturated carbocycles. The monoisotopic (exact) mass is 824 g/mol. The molecule has 4 heterocycles. The molecule has 9 rings (SSSR count). The Morgan fingerprint density at radius 3 is 2.48 bits per heavy atom. The number of amides is 4. The maximum absolute atomic E-state index is 15.1. The van der Waals surface area contributed by atoms with Gasteiger partial charge in [0, 0.05) is 38.8 Å². The molecule has 2 saturated heterocycles. The lowest BCUT2D eigenvalue weighted by Gasteiger charge is -2.49. The van der Waals surface area contributed by atoms with Crippen LogP contribution in [0, 0.1) is 36.0 Å². The van der Waals surface area contributed by atoms with E-state index in [-0.39, 0.29) is 36.2 Å². The highest BCUT2D eigenvalue weighted by Gasteiger charge is 2.68. The molecule has 1 N–H and O–H groups in total. The van der Waals surface area contributed by atoms with Crippen LogP contribution in [-0.2, 0) is 26.2 Å². The second-order valence-electron chi connectivity index (χ2n) is 14.8. The highest BCUT2D eigenvalue weighted by atomic mass is 79.9. The minimum absolute atomic E-state index is 0.138. The zero-order valence-electron chi connectivity index (χ0n) is 29.7. The summed E-state index contributed by atoms with van der Waals surface area (Å²) >= 11 is 11.3. The minimum atomic E-state index is -1.36. The molecule has 0 radical (unpaired) electrons. The lowest BCUT2D eigenvalue weighted by Crippen LogP contribution is -2.49. The number of benzene rings is 3. The van der Waals surface area contributed by atoms with Gasteiger partial charge in [0.15, 0.2) is 11.5 Å². The van der Waals surface area contributed by atoms with E-state index in [4.69, 9.17) is 21.4 Å². The summed E-state index contributed by atoms with van der Waals surface area (Å²) in [5.74, 6) is -4.63. The number of halogens is 2. The van der Waals surface area contributed by atoms with Crippen LogP contribution in [0.15, 0.2) is 82.9 Å². The fraction of sp³-hybridized carbons (Fsp3) is 0.293. The molecule has 4 aliphatic rings. The Hall–Kier alpha value is -4.78. The number of phenols is 1. The second-order valence-corrected chi connectivity index (χ2v) is 17.2. The smallest absolute Gasteiger partial charge is 0.242 e. The molecule has 4 amide bonds. The summed E-state index contributed by atoms with van der Waals surface area (Å²) in [4.78, 5) is 61.8. The summed E-state index contributed by atoms with van der Waals surface area (Å²) < 4.78 is 8.92. The van der Waals surface area contributed by atoms with Gasteiger partial charge in [-0.25, -0.2) is 4.90 Å². The van der Waals surface area contributed by atoms with Crippen LogP contribution in [0.2, 0.25) is 5.02 Å². The topological polar surface area (TPSA) is 122 Å². The Labute approximate surface area is 328 Å². The maximum Gasteiger partial charge on any atom is 0.242 e. The van der Waals surface area contributed by atoms with Crippen molar-refractivity contribution in [1.29, 1.82) is 0 Å². The van der Waals surface area contributed by atoms with E-state index < -0.39 is 46.8 Å². The predicted molar refractivity (Wildman–Crippen MR) is 210 cm³/mol. The van der Waals surface area contributed by atoms with E-state index in [1.807, 2.05) is 31.2 Å². The zero-order chi connectivity index (χ0) is 38.0. The summed E-state index contributed by atoms with van der Waals surface area (Å²) in [5, 5.41) is 18.1. The first-order valence-corrected chi connectivity index (χ1v) is 19.6. The van der Waals surface area contributed by atoms with Gasteiger partial charge in [-0.05, 0) is 92.1 Å². The Morgan fingerprint density at radius 1 is 0.981 bits per heavy atom. The van der Waals surface area contributed by atoms with Gasteiger partial charge in [0.2, 0.25) is 23.6 Å². The summed E-state index contributed by atoms with van der Waals surface area (Å²) in [6.07, 6.45) is 2.43. The van der Waals surface area contributed by atoms with Crippen molar-refractivity contribution in [1.82, 2.24) is 9.78 Å². The highest BCUT2D eigenvalue weighted by molar-refractivity contribution is 9.10. The molecule has 54 heavy (non-hydrogen) atoms. The van der Waals surface area contributed by atoms with E-state index in [2.05, 4.69) is 15.9 Å². The number of anilines is 2. The number of thiophene rings is 1. The molecule has 5 aromatic rings. The van der Waals surface area contributed by atoms with Crippen LogP contribution >= 0.6 is 38.9 Å². The molecular weight excluding hydrogens is 792 g/mol. The van der Waals surface area contributed by atoms with Gasteiger partial charge in [-0.3, -0.25) is 28.8 Å². The van der Waals surface area contributed by atoms with Crippen LogP contribution in [0.1, 0.15) is 36.8 Å². The molecule has 2 aliphatic heterocycles. The van der Waals surface area contributed by atoms with E-state index in [0.717, 1.165) is 30.6 Å². The average molecular weight is 826 g/mol. The molecule has 10 nitrogen and oxygen atoms in total. The predicted octanol–water partition coefficient (Wildman–Crippen LogP) is 8.18. The van der Waals surface area contributed by atoms with Gasteiger partial charge >= 0.3 is 0 Å². The number of carbonyl (C=O) groups is 4. The lowest BCUT2D eigenvalue weighted by molar-refractivity contribution is -0.131. The first-order valence-electron chi connectivity index (χ1n) is 17.7. The van der Waals surface area contributed by atoms with Crippen molar-refractivity contribution in [3.05, 3.63) is 99.0 Å². The molecule has 0 bridgehead atoms. The van der Waals surface area contributed by atoms with Gasteiger partial charge in [0.1, 0.15) is 11.5 Å². The number of phenolic OH excluding ortho intramolecular Hbond substituents is 1. The standard InChI is InChI=1S/C41H34BrClN4O6S/c1-19-26-16-21(43)10-15-31(26)54-36(19)29-18-32(45(3)44-29)47-38(50)28-17-27-23(34(41(28,2)40(47)52)25-6-5-7-30(53-4)35(25)48)13-14-24-33(27)39(51)46(37(24)49)22-11-8-20(42)9-12-22/h5-13,15-16,18,24,27-28,33-34,48H,14,17H2,1-4H3. The van der Waals surface area contributed by atoms with E-state index in [1.165, 1.54) is 16.9 Å². The van der Waals surface area contributed by atoms with Gasteiger partial charge in [-0.2, -0.15) is 5.10 Å². The fourth-order valence-electron chi connectivity index (χ4n) is 9.57. The molecule has 2 aromatic heterocycles. The van der Waals surface area contributed by atoms with Crippen LogP contribution in [-0.4, -0.2) is 45.6 Å². The van der Waals surface area contributed by atoms with Gasteiger partial charge < -0.3 is 9.84 Å². The van der Waals surface area contributed by atoms with Gasteiger partial charge in [0.05, 0.1) is 40.8 Å². The Balaban J connectivity index is 1.17. The number of aryl methyl sites for hydroxylation is 2. The number of ether oxygens (including phenoxy) is 1. The molecular formula is C41H34BrClN4O6S. The molecule has 3 aromatic carbocycles. The quantitative estimate of drug-likeness (QED) is 0.140. The summed E-state index contributed by atoms with van der Waals surface area (Å²) in [6.45, 7) is 3.79. The lowest BCUT2D eigenvalue weighted by atomic mass is 9.51. The van der Waals surface area contributed by atoms with E-state index in [9.17, 15) is 19.5 Å². The minimum Gasteiger partial charge on any atom is -0.504 e. The number of nitrogens with zero attached hydrogens (tertiary/aromatic N) is 4. The second kappa shape index (κ2) is 12.4. The Bertz CT molecular complexity index is 2510. The summed E-state index contributed by atoms with van der Waals surface area (Å²) in [6, 6.07) is 19.7. The van der Waals surface area contributed by atoms with Crippen molar-refractivity contribution in [2.24, 2.45) is 36.1 Å². The largest absolute Gasteiger partial charge is 0.504 e. The number of fused-ring (bicyclic) bond motifs is 5. The molecule has 0 spiro atoms. The third-order valence-corrected chi connectivity index (χ3v) is 14.2. The zero-order valence-corrected chi connectivity index (χ0v) is 32.8. The van der Waals surface area contributed by atoms with Crippen molar-refractivity contribution in [2.45, 2.75) is 32.6 Å². The number of hydrogen-bond donors (Lipinski definition) is 1. The Kier molecular flexibility index (Phi) is 8.01. The van der Waals surface area contributed by atoms with Crippen LogP contribution < -0.4 is 14.5 Å². The summed E-state index contributed by atoms with van der Waals surface area (Å²) in [7, 11) is 3.16. The van der Waals surface area contributed by atoms with Crippen LogP contribution in [0.25, 0.3) is 20.7 Å². The van der Waals surface area contributed by atoms with Crippen molar-refractivity contribution < 1.29 is 29.0 Å². The SMILES string of the molecule is COc1cccc(C2C3=CCC4C(=O)N(c5ccc(Br)cc5)C(=O)C4C3CC3C(=O)N(c4cc(-c5sc6ccc(Cl)cc6c5C)nn4C)C(=O)C32C)c1O. The number of aromatic hydroxyl groups is 1. The number of methoxy groups -OCH3 is 1. The van der Waals surface area contributed by atoms with Crippen LogP contribution in [0.5, 0.6) is 11.5 Å². The summed E-state index contributed by atoms with van der Waals surface area (Å²) in [5.41, 5.74) is 1.92. The van der Waals surface area contributed by atoms with Crippen molar-refractivity contribution in [2.75, 3.05) is 16.9 Å². The van der Waals surface area contributed by atoms with E-state index in [1.54, 1.807) is 78.5 Å². The van der Waals surface area contributed by atoms with Crippen molar-refractivity contribution in [3.8, 4) is 22.1 Å². The number of aromatic nitrogens is 2. The van der Waals surface area contributed by atoms with Crippen LogP contribution in [0.4, 0.5) is 11.5 Å². The maximum atomic E-state index is 15.1. The number of carbonyl (C=O) groups excluding carboxylic acids is 4. The molecule has 3 fully saturated rings. The fourth-order valence-corrected chi connectivity index (χ4v) is 11.2. The Morgan fingerprint density at radius 2 is 1.74 bits per heavy atom. The first-order chi connectivity index (χ1) is 25.8. The highest BCUT2D eigenvalue weighted by Crippen LogP contribution is 2.65. The number of para-hydroxylation sites is 1. The third-order valence-electron chi connectivity index (χ3n) is 12.1. The van der Waals surface area contributed by atoms with E-state index >= 15 is 4.79 Å². The van der Waals surface area contributed by atoms with Crippen molar-refractivity contribution >= 4 is 84.1 Å². The van der Waals surface area contributed by atoms with Crippen molar-refractivity contribution in [3.63, 3.8) is 0 Å². The molecule has 274 valence electrons. The number of allylic oxidation sites excluding steroid dienone is 2. The molecule has 13 heteroatoms. The molecule has 2 aliphatic carbocycles. The normalized spacial score (nSPS) is 26.3. The van der Waals surface area contributed by atoms with Gasteiger partial charge in [-0.15, -0.1) is 11.3 Å². The first kappa shape index (κ1) is 35.0. The number of hydrogen-bond acceptors (Lipinski definition) is 8. The third kappa shape index (κ3) is 4.78.